The van der Waals surface area contributed by atoms with Crippen molar-refractivity contribution in [2.24, 2.45) is 0 Å². The fourth-order valence-electron chi connectivity index (χ4n) is 1.92. The zero-order chi connectivity index (χ0) is 12.8. The monoisotopic (exact) mass is 278 g/mol. The van der Waals surface area contributed by atoms with Gasteiger partial charge < -0.3 is 0 Å². The van der Waals surface area contributed by atoms with Crippen molar-refractivity contribution in [3.8, 4) is 0 Å². The van der Waals surface area contributed by atoms with Crippen molar-refractivity contribution in [3.63, 3.8) is 0 Å². The number of hydrogen-bond donors (Lipinski definition) is 0. The molecule has 1 unspecified atom stereocenters. The Kier molecular flexibility index (Phi) is 15.3. The lowest BCUT2D eigenvalue weighted by Gasteiger charge is -2.05. The SMILES string of the molecule is CCCCCCCCCCCCSC(Cl)CC. The summed E-state index contributed by atoms with van der Waals surface area (Å²) < 4.78 is 0.341. The highest BCUT2D eigenvalue weighted by atomic mass is 35.5. The van der Waals surface area contributed by atoms with Crippen LogP contribution < -0.4 is 0 Å². The Morgan fingerprint density at radius 2 is 1.24 bits per heavy atom. The van der Waals surface area contributed by atoms with E-state index in [1.807, 2.05) is 11.8 Å². The summed E-state index contributed by atoms with van der Waals surface area (Å²) in [6.07, 6.45) is 15.3. The van der Waals surface area contributed by atoms with Crippen LogP contribution in [0.3, 0.4) is 0 Å². The molecule has 0 amide bonds. The molecular formula is C15H31ClS. The van der Waals surface area contributed by atoms with Crippen LogP contribution in [0.2, 0.25) is 0 Å². The van der Waals surface area contributed by atoms with Gasteiger partial charge in [-0.05, 0) is 18.6 Å². The lowest BCUT2D eigenvalue weighted by Crippen LogP contribution is -1.91. The van der Waals surface area contributed by atoms with Crippen molar-refractivity contribution in [1.29, 1.82) is 0 Å². The molecule has 0 rings (SSSR count). The van der Waals surface area contributed by atoms with E-state index in [1.54, 1.807) is 0 Å². The average molecular weight is 279 g/mol. The normalized spacial score (nSPS) is 12.9. The molecule has 0 aromatic heterocycles. The lowest BCUT2D eigenvalue weighted by atomic mass is 10.1. The first kappa shape index (κ1) is 17.6. The predicted octanol–water partition coefficient (Wildman–Crippen LogP) is 6.62. The Morgan fingerprint density at radius 3 is 1.71 bits per heavy atom. The van der Waals surface area contributed by atoms with Gasteiger partial charge in [0.15, 0.2) is 0 Å². The van der Waals surface area contributed by atoms with E-state index < -0.39 is 0 Å². The fraction of sp³-hybridized carbons (Fsp3) is 1.00. The third-order valence-electron chi connectivity index (χ3n) is 3.12. The van der Waals surface area contributed by atoms with Crippen LogP contribution in [0.15, 0.2) is 0 Å². The van der Waals surface area contributed by atoms with E-state index in [0.717, 1.165) is 6.42 Å². The Balaban J connectivity index is 2.94. The maximum absolute atomic E-state index is 6.05. The molecule has 0 aliphatic heterocycles. The van der Waals surface area contributed by atoms with Gasteiger partial charge in [0.1, 0.15) is 0 Å². The Hall–Kier alpha value is 0.640. The second kappa shape index (κ2) is 14.7. The summed E-state index contributed by atoms with van der Waals surface area (Å²) in [6, 6.07) is 0. The molecular weight excluding hydrogens is 248 g/mol. The van der Waals surface area contributed by atoms with Crippen LogP contribution in [0, 0.1) is 0 Å². The van der Waals surface area contributed by atoms with Gasteiger partial charge in [-0.1, -0.05) is 71.6 Å². The maximum Gasteiger partial charge on any atom is 0.0786 e. The van der Waals surface area contributed by atoms with E-state index in [2.05, 4.69) is 13.8 Å². The van der Waals surface area contributed by atoms with Crippen LogP contribution in [0.1, 0.15) is 84.5 Å². The summed E-state index contributed by atoms with van der Waals surface area (Å²) in [5.41, 5.74) is 0. The maximum atomic E-state index is 6.05. The lowest BCUT2D eigenvalue weighted by molar-refractivity contribution is 0.563. The molecule has 0 aliphatic carbocycles. The number of hydrogen-bond acceptors (Lipinski definition) is 1. The minimum atomic E-state index is 0.341. The first-order valence-electron chi connectivity index (χ1n) is 7.57. The second-order valence-corrected chi connectivity index (χ2v) is 6.97. The van der Waals surface area contributed by atoms with Gasteiger partial charge in [-0.2, -0.15) is 0 Å². The van der Waals surface area contributed by atoms with Gasteiger partial charge in [0.05, 0.1) is 4.71 Å². The molecule has 0 saturated carbocycles. The molecule has 0 saturated heterocycles. The summed E-state index contributed by atoms with van der Waals surface area (Å²) in [5, 5.41) is 0. The number of alkyl halides is 1. The molecule has 0 N–H and O–H groups in total. The molecule has 0 bridgehead atoms. The molecule has 17 heavy (non-hydrogen) atoms. The van der Waals surface area contributed by atoms with Crippen LogP contribution in [0.4, 0.5) is 0 Å². The molecule has 0 nitrogen and oxygen atoms in total. The van der Waals surface area contributed by atoms with E-state index in [-0.39, 0.29) is 0 Å². The van der Waals surface area contributed by atoms with Gasteiger partial charge in [-0.15, -0.1) is 23.4 Å². The van der Waals surface area contributed by atoms with Crippen molar-refractivity contribution in [2.75, 3.05) is 5.75 Å². The van der Waals surface area contributed by atoms with Gasteiger partial charge >= 0.3 is 0 Å². The zero-order valence-electron chi connectivity index (χ0n) is 11.8. The highest BCUT2D eigenvalue weighted by molar-refractivity contribution is 8.01. The number of rotatable bonds is 13. The largest absolute Gasteiger partial charge is 0.142 e. The standard InChI is InChI=1S/C15H31ClS/c1-3-5-6-7-8-9-10-11-12-13-14-17-15(16)4-2/h15H,3-14H2,1-2H3. The van der Waals surface area contributed by atoms with E-state index in [9.17, 15) is 0 Å². The molecule has 0 spiro atoms. The topological polar surface area (TPSA) is 0 Å². The van der Waals surface area contributed by atoms with Gasteiger partial charge in [-0.3, -0.25) is 0 Å². The second-order valence-electron chi connectivity index (χ2n) is 4.87. The van der Waals surface area contributed by atoms with Gasteiger partial charge in [0, 0.05) is 0 Å². The molecule has 2 heteroatoms. The molecule has 0 aliphatic rings. The molecule has 1 atom stereocenters. The summed E-state index contributed by atoms with van der Waals surface area (Å²) >= 11 is 7.97. The van der Waals surface area contributed by atoms with Crippen LogP contribution in [0.5, 0.6) is 0 Å². The fourth-order valence-corrected chi connectivity index (χ4v) is 3.05. The zero-order valence-corrected chi connectivity index (χ0v) is 13.4. The number of halogens is 1. The van der Waals surface area contributed by atoms with Gasteiger partial charge in [-0.25, -0.2) is 0 Å². The summed E-state index contributed by atoms with van der Waals surface area (Å²) in [5.74, 6) is 1.25. The third-order valence-corrected chi connectivity index (χ3v) is 5.02. The molecule has 0 aromatic carbocycles. The Morgan fingerprint density at radius 1 is 0.765 bits per heavy atom. The van der Waals surface area contributed by atoms with Crippen molar-refractivity contribution >= 4 is 23.4 Å². The Labute approximate surface area is 118 Å². The first-order valence-corrected chi connectivity index (χ1v) is 9.05. The van der Waals surface area contributed by atoms with Gasteiger partial charge in [0.25, 0.3) is 0 Å². The quantitative estimate of drug-likeness (QED) is 0.270. The molecule has 0 fully saturated rings. The highest BCUT2D eigenvalue weighted by Crippen LogP contribution is 2.20. The highest BCUT2D eigenvalue weighted by Gasteiger charge is 2.00. The minimum absolute atomic E-state index is 0.341. The van der Waals surface area contributed by atoms with Crippen molar-refractivity contribution in [1.82, 2.24) is 0 Å². The van der Waals surface area contributed by atoms with Crippen molar-refractivity contribution in [3.05, 3.63) is 0 Å². The van der Waals surface area contributed by atoms with E-state index in [4.69, 9.17) is 11.6 Å². The summed E-state index contributed by atoms with van der Waals surface area (Å²) in [4.78, 5) is 0. The number of unbranched alkanes of at least 4 members (excludes halogenated alkanes) is 9. The van der Waals surface area contributed by atoms with Crippen LogP contribution in [0.25, 0.3) is 0 Å². The summed E-state index contributed by atoms with van der Waals surface area (Å²) in [6.45, 7) is 4.44. The number of thioether (sulfide) groups is 1. The van der Waals surface area contributed by atoms with Crippen LogP contribution >= 0.6 is 23.4 Å². The van der Waals surface area contributed by atoms with Crippen molar-refractivity contribution in [2.45, 2.75) is 89.2 Å². The van der Waals surface area contributed by atoms with E-state index in [1.165, 1.54) is 70.0 Å². The molecule has 104 valence electrons. The smallest absolute Gasteiger partial charge is 0.0786 e. The van der Waals surface area contributed by atoms with Gasteiger partial charge in [0.2, 0.25) is 0 Å². The Bertz CT molecular complexity index is 139. The van der Waals surface area contributed by atoms with Crippen LogP contribution in [-0.2, 0) is 0 Å². The van der Waals surface area contributed by atoms with E-state index >= 15 is 0 Å². The predicted molar refractivity (Wildman–Crippen MR) is 84.2 cm³/mol. The summed E-state index contributed by atoms with van der Waals surface area (Å²) in [7, 11) is 0. The average Bonchev–Trinajstić information content (AvgIpc) is 2.35. The third kappa shape index (κ3) is 14.6. The molecule has 0 aromatic rings. The van der Waals surface area contributed by atoms with Crippen LogP contribution in [-0.4, -0.2) is 10.5 Å². The minimum Gasteiger partial charge on any atom is -0.142 e. The first-order chi connectivity index (χ1) is 8.31. The molecule has 0 heterocycles. The molecule has 0 radical (unpaired) electrons. The van der Waals surface area contributed by atoms with Crippen molar-refractivity contribution < 1.29 is 0 Å². The van der Waals surface area contributed by atoms with E-state index in [0.29, 0.717) is 4.71 Å².